The Hall–Kier alpha value is -2.35. The zero-order valence-corrected chi connectivity index (χ0v) is 18.4. The van der Waals surface area contributed by atoms with Crippen LogP contribution in [0.1, 0.15) is 27.7 Å². The van der Waals surface area contributed by atoms with Gasteiger partial charge in [-0.25, -0.2) is 18.1 Å². The van der Waals surface area contributed by atoms with Crippen molar-refractivity contribution in [2.75, 3.05) is 6.61 Å². The van der Waals surface area contributed by atoms with Gasteiger partial charge in [-0.15, -0.1) is 0 Å². The molecule has 3 aromatic rings. The van der Waals surface area contributed by atoms with Gasteiger partial charge >= 0.3 is 0 Å². The normalized spacial score (nSPS) is 12.2. The summed E-state index contributed by atoms with van der Waals surface area (Å²) < 4.78 is 35.0. The SMILES string of the molecule is CCOc1ccc(-c2c(Cl)ncn2-c2ccc(S(=O)(=O)NC(C)(C)C)cc2)cc1. The maximum atomic E-state index is 12.5. The van der Waals surface area contributed by atoms with Gasteiger partial charge in [0.15, 0.2) is 5.15 Å². The van der Waals surface area contributed by atoms with Crippen molar-refractivity contribution in [3.8, 4) is 22.7 Å². The van der Waals surface area contributed by atoms with Crippen LogP contribution in [0, 0.1) is 0 Å². The summed E-state index contributed by atoms with van der Waals surface area (Å²) in [5, 5.41) is 0.361. The van der Waals surface area contributed by atoms with E-state index in [1.165, 1.54) is 0 Å². The molecule has 0 unspecified atom stereocenters. The van der Waals surface area contributed by atoms with Crippen molar-refractivity contribution < 1.29 is 13.2 Å². The summed E-state index contributed by atoms with van der Waals surface area (Å²) in [6, 6.07) is 14.2. The molecule has 0 bridgehead atoms. The molecule has 1 N–H and O–H groups in total. The second-order valence-electron chi connectivity index (χ2n) is 7.56. The van der Waals surface area contributed by atoms with Gasteiger partial charge in [0.25, 0.3) is 0 Å². The number of ether oxygens (including phenoxy) is 1. The zero-order chi connectivity index (χ0) is 21.2. The molecule has 2 aromatic carbocycles. The van der Waals surface area contributed by atoms with Crippen LogP contribution in [0.4, 0.5) is 0 Å². The van der Waals surface area contributed by atoms with Crippen LogP contribution in [-0.4, -0.2) is 30.1 Å². The molecule has 0 atom stereocenters. The first kappa shape index (κ1) is 21.4. The first-order valence-corrected chi connectivity index (χ1v) is 11.1. The molecule has 0 saturated heterocycles. The Balaban J connectivity index is 1.95. The van der Waals surface area contributed by atoms with E-state index in [1.54, 1.807) is 51.4 Å². The minimum Gasteiger partial charge on any atom is -0.494 e. The topological polar surface area (TPSA) is 73.2 Å². The Labute approximate surface area is 176 Å². The molecular formula is C21H24ClN3O3S. The highest BCUT2D eigenvalue weighted by Gasteiger charge is 2.22. The number of nitrogens with one attached hydrogen (secondary N) is 1. The van der Waals surface area contributed by atoms with E-state index in [-0.39, 0.29) is 4.90 Å². The number of hydrogen-bond acceptors (Lipinski definition) is 4. The van der Waals surface area contributed by atoms with Crippen molar-refractivity contribution >= 4 is 21.6 Å². The van der Waals surface area contributed by atoms with Crippen LogP contribution in [0.15, 0.2) is 59.8 Å². The number of aromatic nitrogens is 2. The van der Waals surface area contributed by atoms with Crippen molar-refractivity contribution in [2.45, 2.75) is 38.1 Å². The highest BCUT2D eigenvalue weighted by Crippen LogP contribution is 2.31. The average Bonchev–Trinajstić information content (AvgIpc) is 3.02. The smallest absolute Gasteiger partial charge is 0.241 e. The van der Waals surface area contributed by atoms with Gasteiger partial charge in [-0.2, -0.15) is 0 Å². The Bertz CT molecular complexity index is 1080. The predicted molar refractivity (Wildman–Crippen MR) is 115 cm³/mol. The van der Waals surface area contributed by atoms with Gasteiger partial charge in [0, 0.05) is 16.8 Å². The first-order valence-electron chi connectivity index (χ1n) is 9.21. The molecule has 154 valence electrons. The van der Waals surface area contributed by atoms with Crippen molar-refractivity contribution in [3.05, 3.63) is 60.0 Å². The number of halogens is 1. The molecule has 0 amide bonds. The number of rotatable bonds is 6. The van der Waals surface area contributed by atoms with Gasteiger partial charge in [0.1, 0.15) is 12.1 Å². The maximum Gasteiger partial charge on any atom is 0.241 e. The molecule has 1 aromatic heterocycles. The minimum absolute atomic E-state index is 0.199. The lowest BCUT2D eigenvalue weighted by Crippen LogP contribution is -2.40. The molecule has 0 spiro atoms. The van der Waals surface area contributed by atoms with Crippen LogP contribution in [0.3, 0.4) is 0 Å². The monoisotopic (exact) mass is 433 g/mol. The molecular weight excluding hydrogens is 410 g/mol. The summed E-state index contributed by atoms with van der Waals surface area (Å²) in [6.45, 7) is 7.93. The molecule has 0 radical (unpaired) electrons. The number of hydrogen-bond donors (Lipinski definition) is 1. The van der Waals surface area contributed by atoms with Crippen molar-refractivity contribution in [3.63, 3.8) is 0 Å². The van der Waals surface area contributed by atoms with Gasteiger partial charge in [-0.05, 0) is 76.2 Å². The summed E-state index contributed by atoms with van der Waals surface area (Å²) in [4.78, 5) is 4.41. The highest BCUT2D eigenvalue weighted by molar-refractivity contribution is 7.89. The number of benzene rings is 2. The predicted octanol–water partition coefficient (Wildman–Crippen LogP) is 4.67. The van der Waals surface area contributed by atoms with E-state index < -0.39 is 15.6 Å². The number of sulfonamides is 1. The summed E-state index contributed by atoms with van der Waals surface area (Å²) in [5.41, 5.74) is 1.79. The van der Waals surface area contributed by atoms with Crippen LogP contribution >= 0.6 is 11.6 Å². The molecule has 8 heteroatoms. The van der Waals surface area contributed by atoms with E-state index in [0.717, 1.165) is 22.7 Å². The summed E-state index contributed by atoms with van der Waals surface area (Å²) >= 11 is 6.34. The fourth-order valence-corrected chi connectivity index (χ4v) is 4.57. The molecule has 0 aliphatic heterocycles. The summed E-state index contributed by atoms with van der Waals surface area (Å²) in [7, 11) is -3.60. The van der Waals surface area contributed by atoms with Crippen LogP contribution in [-0.2, 0) is 10.0 Å². The van der Waals surface area contributed by atoms with Gasteiger partial charge in [-0.3, -0.25) is 4.57 Å². The Kier molecular flexibility index (Phi) is 6.03. The van der Waals surface area contributed by atoms with E-state index in [0.29, 0.717) is 11.8 Å². The standard InChI is InChI=1S/C21H24ClN3O3S/c1-5-28-17-10-6-15(7-11-17)19-20(22)23-14-25(19)16-8-12-18(13-9-16)29(26,27)24-21(2,3)4/h6-14,24H,5H2,1-4H3. The molecule has 3 rings (SSSR count). The average molecular weight is 434 g/mol. The number of imidazole rings is 1. The zero-order valence-electron chi connectivity index (χ0n) is 16.8. The molecule has 0 aliphatic carbocycles. The Morgan fingerprint density at radius 1 is 1.07 bits per heavy atom. The van der Waals surface area contributed by atoms with Crippen molar-refractivity contribution in [1.29, 1.82) is 0 Å². The lowest BCUT2D eigenvalue weighted by Gasteiger charge is -2.20. The first-order chi connectivity index (χ1) is 13.6. The van der Waals surface area contributed by atoms with Crippen LogP contribution in [0.25, 0.3) is 16.9 Å². The van der Waals surface area contributed by atoms with Crippen LogP contribution in [0.2, 0.25) is 5.15 Å². The third kappa shape index (κ3) is 4.98. The Morgan fingerprint density at radius 3 is 2.24 bits per heavy atom. The molecule has 6 nitrogen and oxygen atoms in total. The molecule has 0 fully saturated rings. The van der Waals surface area contributed by atoms with Gasteiger partial charge in [0.2, 0.25) is 10.0 Å². The lowest BCUT2D eigenvalue weighted by molar-refractivity contribution is 0.340. The molecule has 1 heterocycles. The van der Waals surface area contributed by atoms with E-state index >= 15 is 0 Å². The van der Waals surface area contributed by atoms with E-state index in [9.17, 15) is 8.42 Å². The van der Waals surface area contributed by atoms with Gasteiger partial charge in [-0.1, -0.05) is 11.6 Å². The van der Waals surface area contributed by atoms with Gasteiger partial charge in [0.05, 0.1) is 17.2 Å². The molecule has 29 heavy (non-hydrogen) atoms. The largest absolute Gasteiger partial charge is 0.494 e. The van der Waals surface area contributed by atoms with Crippen molar-refractivity contribution in [1.82, 2.24) is 14.3 Å². The summed E-state index contributed by atoms with van der Waals surface area (Å²) in [6.07, 6.45) is 1.62. The summed E-state index contributed by atoms with van der Waals surface area (Å²) in [5.74, 6) is 0.777. The fraction of sp³-hybridized carbons (Fsp3) is 0.286. The third-order valence-corrected chi connectivity index (χ3v) is 6.08. The minimum atomic E-state index is -3.60. The second kappa shape index (κ2) is 8.18. The highest BCUT2D eigenvalue weighted by atomic mass is 35.5. The lowest BCUT2D eigenvalue weighted by atomic mass is 10.1. The number of nitrogens with zero attached hydrogens (tertiary/aromatic N) is 2. The fourth-order valence-electron chi connectivity index (χ4n) is 2.90. The maximum absolute atomic E-state index is 12.5. The molecule has 0 aliphatic rings. The molecule has 0 saturated carbocycles. The third-order valence-electron chi connectivity index (χ3n) is 4.03. The quantitative estimate of drug-likeness (QED) is 0.613. The van der Waals surface area contributed by atoms with Gasteiger partial charge < -0.3 is 4.74 Å². The second-order valence-corrected chi connectivity index (χ2v) is 9.60. The van der Waals surface area contributed by atoms with E-state index in [2.05, 4.69) is 9.71 Å². The van der Waals surface area contributed by atoms with Crippen LogP contribution in [0.5, 0.6) is 5.75 Å². The van der Waals surface area contributed by atoms with E-state index in [1.807, 2.05) is 35.8 Å². The van der Waals surface area contributed by atoms with Crippen LogP contribution < -0.4 is 9.46 Å². The van der Waals surface area contributed by atoms with Crippen molar-refractivity contribution in [2.24, 2.45) is 0 Å². The van der Waals surface area contributed by atoms with E-state index in [4.69, 9.17) is 16.3 Å². The Morgan fingerprint density at radius 2 is 1.69 bits per heavy atom.